The molecule has 0 radical (unpaired) electrons. The van der Waals surface area contributed by atoms with Gasteiger partial charge in [-0.25, -0.2) is 14.4 Å². The quantitative estimate of drug-likeness (QED) is 0.783. The molecule has 4 nitrogen and oxygen atoms in total. The molecule has 6 heteroatoms. The fourth-order valence-corrected chi connectivity index (χ4v) is 2.42. The van der Waals surface area contributed by atoms with E-state index in [1.165, 1.54) is 0 Å². The number of hydrogen-bond donors (Lipinski definition) is 0. The number of anilines is 1. The van der Waals surface area contributed by atoms with Gasteiger partial charge in [0.25, 0.3) is 0 Å². The van der Waals surface area contributed by atoms with E-state index < -0.39 is 6.17 Å². The molecule has 2 aromatic heterocycles. The van der Waals surface area contributed by atoms with Crippen molar-refractivity contribution in [3.05, 3.63) is 23.7 Å². The first-order valence-corrected chi connectivity index (χ1v) is 6.00. The second-order valence-electron chi connectivity index (χ2n) is 4.22. The third-order valence-corrected chi connectivity index (χ3v) is 3.33. The second kappa shape index (κ2) is 4.14. The van der Waals surface area contributed by atoms with Crippen LogP contribution in [0.25, 0.3) is 5.52 Å². The number of piperidine rings is 1. The number of aromatic nitrogens is 3. The number of rotatable bonds is 1. The standard InChI is InChI=1S/C11H12ClFN4/c12-10-9-6-15-11(17(9)5-3-14-10)16-4-1-2-8(13)7-16/h3,5-6,8H,1-2,4,7H2. The molecule has 1 atom stereocenters. The topological polar surface area (TPSA) is 33.4 Å². The van der Waals surface area contributed by atoms with Crippen LogP contribution in [-0.4, -0.2) is 33.6 Å². The van der Waals surface area contributed by atoms with E-state index in [0.29, 0.717) is 18.1 Å². The van der Waals surface area contributed by atoms with E-state index >= 15 is 0 Å². The van der Waals surface area contributed by atoms with Crippen molar-refractivity contribution in [2.75, 3.05) is 18.0 Å². The molecule has 1 fully saturated rings. The van der Waals surface area contributed by atoms with E-state index in [2.05, 4.69) is 9.97 Å². The highest BCUT2D eigenvalue weighted by Crippen LogP contribution is 2.23. The highest BCUT2D eigenvalue weighted by Gasteiger charge is 2.22. The van der Waals surface area contributed by atoms with Gasteiger partial charge in [-0.15, -0.1) is 0 Å². The Morgan fingerprint density at radius 1 is 1.41 bits per heavy atom. The molecule has 1 aliphatic heterocycles. The monoisotopic (exact) mass is 254 g/mol. The van der Waals surface area contributed by atoms with Gasteiger partial charge >= 0.3 is 0 Å². The van der Waals surface area contributed by atoms with E-state index in [0.717, 1.165) is 24.4 Å². The number of nitrogens with zero attached hydrogens (tertiary/aromatic N) is 4. The van der Waals surface area contributed by atoms with Crippen molar-refractivity contribution >= 4 is 23.1 Å². The largest absolute Gasteiger partial charge is 0.339 e. The fourth-order valence-electron chi connectivity index (χ4n) is 2.22. The Labute approximate surface area is 103 Å². The molecule has 2 aromatic rings. The van der Waals surface area contributed by atoms with Crippen LogP contribution in [0.4, 0.5) is 10.3 Å². The average molecular weight is 255 g/mol. The number of alkyl halides is 1. The Morgan fingerprint density at radius 3 is 3.12 bits per heavy atom. The van der Waals surface area contributed by atoms with E-state index in [1.54, 1.807) is 18.6 Å². The number of fused-ring (bicyclic) bond motifs is 1. The zero-order valence-electron chi connectivity index (χ0n) is 9.18. The maximum absolute atomic E-state index is 13.4. The first-order chi connectivity index (χ1) is 8.25. The lowest BCUT2D eigenvalue weighted by atomic mass is 10.1. The van der Waals surface area contributed by atoms with Gasteiger partial charge in [-0.3, -0.25) is 4.40 Å². The molecule has 90 valence electrons. The third kappa shape index (κ3) is 1.84. The smallest absolute Gasteiger partial charge is 0.210 e. The Bertz CT molecular complexity index is 541. The van der Waals surface area contributed by atoms with Gasteiger partial charge in [0.15, 0.2) is 5.15 Å². The predicted octanol–water partition coefficient (Wildman–Crippen LogP) is 2.32. The highest BCUT2D eigenvalue weighted by molar-refractivity contribution is 6.32. The number of halogens is 2. The van der Waals surface area contributed by atoms with Crippen molar-refractivity contribution in [1.29, 1.82) is 0 Å². The molecular weight excluding hydrogens is 243 g/mol. The molecule has 3 rings (SSSR count). The summed E-state index contributed by atoms with van der Waals surface area (Å²) < 4.78 is 15.2. The van der Waals surface area contributed by atoms with Gasteiger partial charge in [0.2, 0.25) is 5.95 Å². The summed E-state index contributed by atoms with van der Waals surface area (Å²) in [7, 11) is 0. The van der Waals surface area contributed by atoms with Crippen molar-refractivity contribution in [3.63, 3.8) is 0 Å². The van der Waals surface area contributed by atoms with Gasteiger partial charge in [0.05, 0.1) is 12.7 Å². The van der Waals surface area contributed by atoms with Crippen LogP contribution < -0.4 is 4.90 Å². The van der Waals surface area contributed by atoms with Crippen molar-refractivity contribution in [3.8, 4) is 0 Å². The molecule has 3 heterocycles. The second-order valence-corrected chi connectivity index (χ2v) is 4.58. The van der Waals surface area contributed by atoms with E-state index in [-0.39, 0.29) is 0 Å². The molecule has 0 amide bonds. The van der Waals surface area contributed by atoms with Gasteiger partial charge in [0.1, 0.15) is 11.7 Å². The molecule has 0 bridgehead atoms. The third-order valence-electron chi connectivity index (χ3n) is 3.04. The van der Waals surface area contributed by atoms with Crippen molar-refractivity contribution in [2.45, 2.75) is 19.0 Å². The number of hydrogen-bond acceptors (Lipinski definition) is 3. The molecule has 1 aliphatic rings. The summed E-state index contributed by atoms with van der Waals surface area (Å²) >= 11 is 5.97. The van der Waals surface area contributed by atoms with Gasteiger partial charge in [-0.05, 0) is 12.8 Å². The van der Waals surface area contributed by atoms with E-state index in [9.17, 15) is 4.39 Å². The van der Waals surface area contributed by atoms with Crippen LogP contribution in [0.2, 0.25) is 5.15 Å². The SMILES string of the molecule is FC1CCCN(c2ncc3c(Cl)nccn23)C1. The Hall–Kier alpha value is -1.36. The maximum Gasteiger partial charge on any atom is 0.210 e. The average Bonchev–Trinajstić information content (AvgIpc) is 2.74. The first-order valence-electron chi connectivity index (χ1n) is 5.62. The summed E-state index contributed by atoms with van der Waals surface area (Å²) in [6.07, 6.45) is 5.82. The van der Waals surface area contributed by atoms with Gasteiger partial charge in [-0.2, -0.15) is 0 Å². The first kappa shape index (κ1) is 10.8. The molecule has 0 saturated carbocycles. The minimum absolute atomic E-state index is 0.402. The summed E-state index contributed by atoms with van der Waals surface area (Å²) in [4.78, 5) is 10.3. The molecule has 0 aromatic carbocycles. The minimum Gasteiger partial charge on any atom is -0.339 e. The van der Waals surface area contributed by atoms with Crippen molar-refractivity contribution in [1.82, 2.24) is 14.4 Å². The number of imidazole rings is 1. The maximum atomic E-state index is 13.4. The molecule has 0 N–H and O–H groups in total. The summed E-state index contributed by atoms with van der Waals surface area (Å²) in [6, 6.07) is 0. The predicted molar refractivity (Wildman–Crippen MR) is 64.3 cm³/mol. The van der Waals surface area contributed by atoms with Crippen molar-refractivity contribution in [2.24, 2.45) is 0 Å². The summed E-state index contributed by atoms with van der Waals surface area (Å²) in [5.74, 6) is 0.742. The van der Waals surface area contributed by atoms with Crippen LogP contribution in [0.5, 0.6) is 0 Å². The van der Waals surface area contributed by atoms with Crippen LogP contribution in [0.1, 0.15) is 12.8 Å². The molecule has 1 saturated heterocycles. The Balaban J connectivity index is 2.02. The van der Waals surface area contributed by atoms with Crippen LogP contribution >= 0.6 is 11.6 Å². The van der Waals surface area contributed by atoms with Crippen LogP contribution in [0.3, 0.4) is 0 Å². The molecule has 17 heavy (non-hydrogen) atoms. The van der Waals surface area contributed by atoms with E-state index in [4.69, 9.17) is 11.6 Å². The summed E-state index contributed by atoms with van der Waals surface area (Å²) in [5, 5.41) is 0.417. The zero-order chi connectivity index (χ0) is 11.8. The molecule has 0 aliphatic carbocycles. The molecule has 1 unspecified atom stereocenters. The van der Waals surface area contributed by atoms with Crippen LogP contribution in [0, 0.1) is 0 Å². The molecular formula is C11H12ClFN4. The lowest BCUT2D eigenvalue weighted by molar-refractivity contribution is 0.285. The lowest BCUT2D eigenvalue weighted by Crippen LogP contribution is -2.37. The summed E-state index contributed by atoms with van der Waals surface area (Å²) in [5.41, 5.74) is 0.755. The fraction of sp³-hybridized carbons (Fsp3) is 0.455. The normalized spacial score (nSPS) is 21.1. The van der Waals surface area contributed by atoms with Gasteiger partial charge in [-0.1, -0.05) is 11.6 Å². The lowest BCUT2D eigenvalue weighted by Gasteiger charge is -2.29. The van der Waals surface area contributed by atoms with Gasteiger partial charge < -0.3 is 4.90 Å². The van der Waals surface area contributed by atoms with E-state index in [1.807, 2.05) is 9.30 Å². The van der Waals surface area contributed by atoms with Gasteiger partial charge in [0, 0.05) is 18.9 Å². The Morgan fingerprint density at radius 2 is 2.29 bits per heavy atom. The van der Waals surface area contributed by atoms with Crippen LogP contribution in [-0.2, 0) is 0 Å². The Kier molecular flexibility index (Phi) is 2.63. The molecule has 0 spiro atoms. The van der Waals surface area contributed by atoms with Crippen molar-refractivity contribution < 1.29 is 4.39 Å². The minimum atomic E-state index is -0.770. The zero-order valence-corrected chi connectivity index (χ0v) is 9.94. The highest BCUT2D eigenvalue weighted by atomic mass is 35.5. The van der Waals surface area contributed by atoms with Crippen LogP contribution in [0.15, 0.2) is 18.6 Å². The summed E-state index contributed by atoms with van der Waals surface area (Å²) in [6.45, 7) is 1.23.